The summed E-state index contributed by atoms with van der Waals surface area (Å²) in [5.74, 6) is -4.33. The van der Waals surface area contributed by atoms with Gasteiger partial charge in [-0.05, 0) is 30.9 Å². The number of nitrogens with two attached hydrogens (primary N) is 4. The van der Waals surface area contributed by atoms with Gasteiger partial charge in [0.2, 0.25) is 23.6 Å². The normalized spacial score (nSPS) is 13.1. The average Bonchev–Trinajstić information content (AvgIpc) is 3.29. The van der Waals surface area contributed by atoms with Gasteiger partial charge in [-0.15, -0.1) is 0 Å². The Balaban J connectivity index is 2.25. The van der Waals surface area contributed by atoms with Crippen molar-refractivity contribution in [2.75, 3.05) is 13.1 Å². The number of rotatable bonds is 16. The van der Waals surface area contributed by atoms with Crippen LogP contribution in [0, 0.1) is 0 Å². The van der Waals surface area contributed by atoms with Crippen LogP contribution in [0.15, 0.2) is 35.5 Å². The van der Waals surface area contributed by atoms with Crippen LogP contribution in [0.2, 0.25) is 0 Å². The molecule has 1 heterocycles. The number of nitrogens with one attached hydrogen (secondary N) is 4. The van der Waals surface area contributed by atoms with Gasteiger partial charge in [0.05, 0.1) is 6.54 Å². The largest absolute Gasteiger partial charge is 0.480 e. The Hall–Kier alpha value is -4.66. The number of aromatic nitrogens is 1. The summed E-state index contributed by atoms with van der Waals surface area (Å²) in [6, 6.07) is 3.69. The van der Waals surface area contributed by atoms with Gasteiger partial charge in [-0.2, -0.15) is 0 Å². The summed E-state index contributed by atoms with van der Waals surface area (Å²) < 4.78 is 0. The number of aromatic amines is 1. The number of benzene rings is 1. The number of carboxylic acid groups (broad SMARTS) is 1. The lowest BCUT2D eigenvalue weighted by atomic mass is 10.0. The quantitative estimate of drug-likeness (QED) is 0.0613. The summed E-state index contributed by atoms with van der Waals surface area (Å²) in [6.07, 6.45) is 1.60. The van der Waals surface area contributed by atoms with Crippen molar-refractivity contribution in [2.24, 2.45) is 27.9 Å². The highest BCUT2D eigenvalue weighted by atomic mass is 16.4. The molecule has 0 saturated heterocycles. The van der Waals surface area contributed by atoms with Crippen molar-refractivity contribution >= 4 is 46.5 Å². The molecule has 13 N–H and O–H groups in total. The molecule has 0 saturated carbocycles. The monoisotopic (exact) mass is 545 g/mol. The zero-order valence-corrected chi connectivity index (χ0v) is 21.3. The molecule has 2 aromatic rings. The number of carboxylic acids is 1. The van der Waals surface area contributed by atoms with Gasteiger partial charge < -0.3 is 49.0 Å². The first-order valence-corrected chi connectivity index (χ1v) is 12.2. The highest BCUT2D eigenvalue weighted by molar-refractivity contribution is 5.94. The van der Waals surface area contributed by atoms with Crippen molar-refractivity contribution < 1.29 is 29.1 Å². The molecule has 0 aliphatic rings. The number of hydrogen-bond acceptors (Lipinski definition) is 7. The molecule has 15 nitrogen and oxygen atoms in total. The van der Waals surface area contributed by atoms with Crippen LogP contribution in [0.25, 0.3) is 10.9 Å². The number of guanidine groups is 1. The minimum atomic E-state index is -1.42. The van der Waals surface area contributed by atoms with E-state index in [2.05, 4.69) is 25.9 Å². The van der Waals surface area contributed by atoms with Gasteiger partial charge in [-0.25, -0.2) is 4.79 Å². The smallest absolute Gasteiger partial charge is 0.326 e. The molecule has 0 aliphatic heterocycles. The third-order valence-corrected chi connectivity index (χ3v) is 5.81. The van der Waals surface area contributed by atoms with E-state index >= 15 is 0 Å². The second kappa shape index (κ2) is 14.9. The first-order chi connectivity index (χ1) is 18.5. The molecular weight excluding hydrogens is 510 g/mol. The average molecular weight is 546 g/mol. The van der Waals surface area contributed by atoms with Gasteiger partial charge in [-0.3, -0.25) is 24.2 Å². The summed E-state index contributed by atoms with van der Waals surface area (Å²) in [5.41, 5.74) is 22.8. The van der Waals surface area contributed by atoms with Crippen molar-refractivity contribution in [3.8, 4) is 0 Å². The minimum absolute atomic E-state index is 0.0428. The molecule has 2 rings (SSSR count). The Bertz CT molecular complexity index is 1210. The number of nitrogens with zero attached hydrogens (tertiary/aromatic N) is 1. The molecule has 0 fully saturated rings. The first kappa shape index (κ1) is 30.6. The van der Waals surface area contributed by atoms with Gasteiger partial charge >= 0.3 is 5.97 Å². The maximum absolute atomic E-state index is 13.3. The number of H-pyrrole nitrogens is 1. The molecular formula is C24H35N9O6. The second-order valence-electron chi connectivity index (χ2n) is 8.80. The van der Waals surface area contributed by atoms with Gasteiger partial charge in [-0.1, -0.05) is 18.2 Å². The van der Waals surface area contributed by atoms with Crippen LogP contribution in [0.3, 0.4) is 0 Å². The van der Waals surface area contributed by atoms with E-state index in [1.807, 2.05) is 24.3 Å². The number of carbonyl (C=O) groups is 5. The molecule has 0 radical (unpaired) electrons. The maximum Gasteiger partial charge on any atom is 0.326 e. The SMILES string of the molecule is NCC(=O)NC(Cc1c[nH]c2ccccc12)C(=O)NC(CCCN=C(N)N)C(=O)NC(CCC(N)=O)C(=O)O. The summed E-state index contributed by atoms with van der Waals surface area (Å²) in [6.45, 7) is -0.213. The highest BCUT2D eigenvalue weighted by Crippen LogP contribution is 2.19. The van der Waals surface area contributed by atoms with Crippen LogP contribution in [0.1, 0.15) is 31.2 Å². The maximum atomic E-state index is 13.3. The van der Waals surface area contributed by atoms with Crippen LogP contribution in [-0.4, -0.2) is 76.9 Å². The van der Waals surface area contributed by atoms with Gasteiger partial charge in [0.25, 0.3) is 0 Å². The molecule has 15 heteroatoms. The minimum Gasteiger partial charge on any atom is -0.480 e. The Morgan fingerprint density at radius 3 is 2.23 bits per heavy atom. The van der Waals surface area contributed by atoms with E-state index in [-0.39, 0.29) is 51.2 Å². The fraction of sp³-hybridized carbons (Fsp3) is 0.417. The highest BCUT2D eigenvalue weighted by Gasteiger charge is 2.30. The summed E-state index contributed by atoms with van der Waals surface area (Å²) >= 11 is 0. The molecule has 0 spiro atoms. The molecule has 3 unspecified atom stereocenters. The van der Waals surface area contributed by atoms with Gasteiger partial charge in [0.15, 0.2) is 5.96 Å². The predicted octanol–water partition coefficient (Wildman–Crippen LogP) is -2.47. The van der Waals surface area contributed by atoms with Crippen LogP contribution in [0.4, 0.5) is 0 Å². The molecule has 0 aliphatic carbocycles. The number of amides is 4. The predicted molar refractivity (Wildman–Crippen MR) is 143 cm³/mol. The lowest BCUT2D eigenvalue weighted by molar-refractivity contribution is -0.142. The standard InChI is InChI=1S/C24H35N9O6/c25-11-20(35)31-18(10-13-12-30-15-5-2-1-4-14(13)15)22(37)32-16(6-3-9-29-24(27)28)21(36)33-17(23(38)39)7-8-19(26)34/h1-2,4-5,12,16-18,30H,3,6-11,25H2,(H2,26,34)(H,31,35)(H,32,37)(H,33,36)(H,38,39)(H4,27,28,29). The molecule has 212 valence electrons. The van der Waals surface area contributed by atoms with Crippen molar-refractivity contribution in [1.82, 2.24) is 20.9 Å². The number of aliphatic imine (C=N–C) groups is 1. The van der Waals surface area contributed by atoms with Crippen LogP contribution < -0.4 is 38.9 Å². The fourth-order valence-electron chi connectivity index (χ4n) is 3.84. The number of carbonyl (C=O) groups excluding carboxylic acids is 4. The van der Waals surface area contributed by atoms with E-state index in [0.29, 0.717) is 0 Å². The van der Waals surface area contributed by atoms with Crippen LogP contribution in [-0.2, 0) is 30.4 Å². The number of hydrogen-bond donors (Lipinski definition) is 9. The zero-order valence-electron chi connectivity index (χ0n) is 21.3. The van der Waals surface area contributed by atoms with Crippen molar-refractivity contribution in [2.45, 2.75) is 50.2 Å². The molecule has 4 amide bonds. The zero-order chi connectivity index (χ0) is 28.9. The van der Waals surface area contributed by atoms with Crippen molar-refractivity contribution in [3.63, 3.8) is 0 Å². The Kier molecular flexibility index (Phi) is 11.7. The summed E-state index contributed by atoms with van der Waals surface area (Å²) in [5, 5.41) is 17.8. The Morgan fingerprint density at radius 2 is 1.59 bits per heavy atom. The second-order valence-corrected chi connectivity index (χ2v) is 8.80. The molecule has 1 aromatic heterocycles. The summed E-state index contributed by atoms with van der Waals surface area (Å²) in [7, 11) is 0. The molecule has 0 bridgehead atoms. The summed E-state index contributed by atoms with van der Waals surface area (Å²) in [4.78, 5) is 68.2. The van der Waals surface area contributed by atoms with Gasteiger partial charge in [0, 0.05) is 36.5 Å². The van der Waals surface area contributed by atoms with E-state index in [9.17, 15) is 29.1 Å². The topological polar surface area (TPSA) is 274 Å². The van der Waals surface area contributed by atoms with Crippen LogP contribution in [0.5, 0.6) is 0 Å². The number of aliphatic carboxylic acids is 1. The molecule has 1 aromatic carbocycles. The third kappa shape index (κ3) is 9.96. The third-order valence-electron chi connectivity index (χ3n) is 5.81. The number of fused-ring (bicyclic) bond motifs is 1. The molecule has 3 atom stereocenters. The van der Waals surface area contributed by atoms with E-state index in [4.69, 9.17) is 22.9 Å². The molecule has 39 heavy (non-hydrogen) atoms. The number of primary amides is 1. The first-order valence-electron chi connectivity index (χ1n) is 12.2. The van der Waals surface area contributed by atoms with Crippen LogP contribution >= 0.6 is 0 Å². The Morgan fingerprint density at radius 1 is 0.923 bits per heavy atom. The lowest BCUT2D eigenvalue weighted by Crippen LogP contribution is -2.56. The number of para-hydroxylation sites is 1. The van der Waals surface area contributed by atoms with Gasteiger partial charge in [0.1, 0.15) is 18.1 Å². The van der Waals surface area contributed by atoms with E-state index in [0.717, 1.165) is 16.5 Å². The van der Waals surface area contributed by atoms with E-state index in [1.54, 1.807) is 6.20 Å². The van der Waals surface area contributed by atoms with Crippen molar-refractivity contribution in [1.29, 1.82) is 0 Å². The fourth-order valence-corrected chi connectivity index (χ4v) is 3.84. The Labute approximate surface area is 224 Å². The van der Waals surface area contributed by atoms with E-state index < -0.39 is 47.7 Å². The van der Waals surface area contributed by atoms with E-state index in [1.165, 1.54) is 0 Å². The van der Waals surface area contributed by atoms with Crippen molar-refractivity contribution in [3.05, 3.63) is 36.0 Å². The lowest BCUT2D eigenvalue weighted by Gasteiger charge is -2.24.